The van der Waals surface area contributed by atoms with Crippen LogP contribution in [0.3, 0.4) is 0 Å². The second-order valence-corrected chi connectivity index (χ2v) is 7.78. The van der Waals surface area contributed by atoms with Crippen LogP contribution in [0.1, 0.15) is 11.4 Å². The lowest BCUT2D eigenvalue weighted by atomic mass is 10.2. The molecule has 0 fully saturated rings. The third-order valence-electron chi connectivity index (χ3n) is 3.62. The lowest BCUT2D eigenvalue weighted by molar-refractivity contribution is 0.335. The highest BCUT2D eigenvalue weighted by molar-refractivity contribution is 9.10. The van der Waals surface area contributed by atoms with E-state index in [1.54, 1.807) is 19.2 Å². The molecule has 0 atom stereocenters. The third kappa shape index (κ3) is 2.47. The molecule has 1 aromatic heterocycles. The molecule has 8 heteroatoms. The number of nitrogens with zero attached hydrogens (tertiary/aromatic N) is 3. The number of sulfonamides is 1. The van der Waals surface area contributed by atoms with Crippen molar-refractivity contribution >= 4 is 31.6 Å². The lowest BCUT2D eigenvalue weighted by Crippen LogP contribution is -2.38. The van der Waals surface area contributed by atoms with Gasteiger partial charge in [0.25, 0.3) is 0 Å². The number of anilines is 1. The van der Waals surface area contributed by atoms with Crippen LogP contribution in [0.5, 0.6) is 0 Å². The van der Waals surface area contributed by atoms with Crippen molar-refractivity contribution in [2.75, 3.05) is 12.3 Å². The Hall–Kier alpha value is -1.38. The van der Waals surface area contributed by atoms with Crippen molar-refractivity contribution in [2.24, 2.45) is 0 Å². The Bertz CT molecular complexity index is 800. The summed E-state index contributed by atoms with van der Waals surface area (Å²) in [4.78, 5) is 4.45. The van der Waals surface area contributed by atoms with Gasteiger partial charge in [0.1, 0.15) is 5.82 Å². The van der Waals surface area contributed by atoms with Gasteiger partial charge in [-0.2, -0.15) is 4.31 Å². The minimum absolute atomic E-state index is 0.253. The molecule has 2 heterocycles. The van der Waals surface area contributed by atoms with E-state index in [4.69, 9.17) is 5.73 Å². The summed E-state index contributed by atoms with van der Waals surface area (Å²) in [5, 5.41) is 0. The fourth-order valence-electron chi connectivity index (χ4n) is 2.44. The van der Waals surface area contributed by atoms with Gasteiger partial charge in [-0.15, -0.1) is 0 Å². The van der Waals surface area contributed by atoms with Crippen molar-refractivity contribution in [3.8, 4) is 0 Å². The number of rotatable bonds is 2. The zero-order valence-corrected chi connectivity index (χ0v) is 13.9. The second kappa shape index (κ2) is 5.11. The quantitative estimate of drug-likeness (QED) is 0.816. The maximum atomic E-state index is 12.8. The van der Waals surface area contributed by atoms with Gasteiger partial charge in [-0.25, -0.2) is 13.4 Å². The van der Waals surface area contributed by atoms with Crippen LogP contribution in [0, 0.1) is 6.92 Å². The number of halogens is 1. The topological polar surface area (TPSA) is 81.2 Å². The Kier molecular flexibility index (Phi) is 3.54. The third-order valence-corrected chi connectivity index (χ3v) is 6.30. The number of hydrogen-bond donors (Lipinski definition) is 1. The van der Waals surface area contributed by atoms with Crippen molar-refractivity contribution in [3.05, 3.63) is 40.4 Å². The largest absolute Gasteiger partial charge is 0.398 e. The number of nitrogen functional groups attached to an aromatic ring is 1. The van der Waals surface area contributed by atoms with E-state index in [0.29, 0.717) is 28.8 Å². The highest BCUT2D eigenvalue weighted by Crippen LogP contribution is 2.29. The molecule has 0 aliphatic carbocycles. The molecule has 1 aromatic carbocycles. The Morgan fingerprint density at radius 2 is 2.10 bits per heavy atom. The number of nitrogens with two attached hydrogens (primary N) is 1. The molecular formula is C13H15BrN4O2S. The summed E-state index contributed by atoms with van der Waals surface area (Å²) < 4.78 is 29.8. The maximum Gasteiger partial charge on any atom is 0.243 e. The molecule has 3 rings (SSSR count). The predicted octanol–water partition coefficient (Wildman–Crippen LogP) is 1.74. The van der Waals surface area contributed by atoms with Crippen LogP contribution in [-0.4, -0.2) is 28.8 Å². The predicted molar refractivity (Wildman–Crippen MR) is 83.1 cm³/mol. The van der Waals surface area contributed by atoms with Crippen molar-refractivity contribution in [1.29, 1.82) is 0 Å². The van der Waals surface area contributed by atoms with Gasteiger partial charge in [0, 0.05) is 35.6 Å². The first-order valence-corrected chi connectivity index (χ1v) is 8.68. The SMILES string of the molecule is Cc1cc(Br)c(N)cc1S(=O)(=O)N1CCn2ccnc2C1. The Balaban J connectivity index is 2.00. The number of aromatic nitrogens is 2. The van der Waals surface area contributed by atoms with E-state index in [9.17, 15) is 8.42 Å². The number of aryl methyl sites for hydroxylation is 1. The standard InChI is InChI=1S/C13H15BrN4O2S/c1-9-6-10(14)11(15)7-12(9)21(19,20)18-5-4-17-3-2-16-13(17)8-18/h2-3,6-7H,4-5,8,15H2,1H3. The molecule has 0 radical (unpaired) electrons. The van der Waals surface area contributed by atoms with Crippen LogP contribution in [0.25, 0.3) is 0 Å². The lowest BCUT2D eigenvalue weighted by Gasteiger charge is -2.27. The van der Waals surface area contributed by atoms with Gasteiger partial charge in [-0.05, 0) is 40.5 Å². The molecule has 2 aromatic rings. The zero-order chi connectivity index (χ0) is 15.2. The van der Waals surface area contributed by atoms with Gasteiger partial charge in [0.15, 0.2) is 0 Å². The summed E-state index contributed by atoms with van der Waals surface area (Å²) in [5.41, 5.74) is 6.92. The average molecular weight is 371 g/mol. The van der Waals surface area contributed by atoms with Crippen molar-refractivity contribution < 1.29 is 8.42 Å². The molecule has 0 bridgehead atoms. The summed E-state index contributed by atoms with van der Waals surface area (Å²) in [5.74, 6) is 0.757. The fourth-order valence-corrected chi connectivity index (χ4v) is 4.53. The van der Waals surface area contributed by atoms with Gasteiger partial charge < -0.3 is 10.3 Å². The van der Waals surface area contributed by atoms with Gasteiger partial charge in [0.2, 0.25) is 10.0 Å². The maximum absolute atomic E-state index is 12.8. The highest BCUT2D eigenvalue weighted by atomic mass is 79.9. The first-order valence-electron chi connectivity index (χ1n) is 6.45. The van der Waals surface area contributed by atoms with Gasteiger partial charge in [0.05, 0.1) is 11.4 Å². The average Bonchev–Trinajstić information content (AvgIpc) is 2.90. The smallest absolute Gasteiger partial charge is 0.243 e. The van der Waals surface area contributed by atoms with Crippen LogP contribution in [0.15, 0.2) is 33.9 Å². The minimum Gasteiger partial charge on any atom is -0.398 e. The summed E-state index contributed by atoms with van der Waals surface area (Å²) in [6.45, 7) is 3.09. The number of benzene rings is 1. The van der Waals surface area contributed by atoms with Gasteiger partial charge in [-0.1, -0.05) is 0 Å². The summed E-state index contributed by atoms with van der Waals surface area (Å²) in [7, 11) is -3.57. The van der Waals surface area contributed by atoms with Gasteiger partial charge in [-0.3, -0.25) is 0 Å². The first kappa shape index (κ1) is 14.6. The van der Waals surface area contributed by atoms with Crippen LogP contribution in [-0.2, 0) is 23.1 Å². The Morgan fingerprint density at radius 3 is 2.86 bits per heavy atom. The number of fused-ring (bicyclic) bond motifs is 1. The first-order chi connectivity index (χ1) is 9.89. The van der Waals surface area contributed by atoms with E-state index in [-0.39, 0.29) is 11.4 Å². The van der Waals surface area contributed by atoms with E-state index in [1.807, 2.05) is 10.8 Å². The minimum atomic E-state index is -3.57. The molecule has 0 saturated heterocycles. The van der Waals surface area contributed by atoms with Crippen molar-refractivity contribution in [1.82, 2.24) is 13.9 Å². The summed E-state index contributed by atoms with van der Waals surface area (Å²) >= 11 is 3.31. The Morgan fingerprint density at radius 1 is 1.33 bits per heavy atom. The van der Waals surface area contributed by atoms with Crippen molar-refractivity contribution in [2.45, 2.75) is 24.9 Å². The molecule has 1 aliphatic heterocycles. The molecule has 1 aliphatic rings. The van der Waals surface area contributed by atoms with E-state index in [2.05, 4.69) is 20.9 Å². The molecule has 2 N–H and O–H groups in total. The monoisotopic (exact) mass is 370 g/mol. The molecule has 21 heavy (non-hydrogen) atoms. The van der Waals surface area contributed by atoms with Crippen LogP contribution in [0.2, 0.25) is 0 Å². The molecule has 0 unspecified atom stereocenters. The number of imidazole rings is 1. The molecule has 0 spiro atoms. The zero-order valence-electron chi connectivity index (χ0n) is 11.5. The van der Waals surface area contributed by atoms with Crippen LogP contribution >= 0.6 is 15.9 Å². The molecular weight excluding hydrogens is 356 g/mol. The second-order valence-electron chi connectivity index (χ2n) is 5.01. The number of hydrogen-bond acceptors (Lipinski definition) is 4. The normalized spacial score (nSPS) is 15.9. The van der Waals surface area contributed by atoms with Crippen LogP contribution < -0.4 is 5.73 Å². The fraction of sp³-hybridized carbons (Fsp3) is 0.308. The van der Waals surface area contributed by atoms with Crippen molar-refractivity contribution in [3.63, 3.8) is 0 Å². The molecule has 112 valence electrons. The van der Waals surface area contributed by atoms with E-state index in [1.165, 1.54) is 10.4 Å². The molecule has 0 saturated carbocycles. The summed E-state index contributed by atoms with van der Waals surface area (Å²) in [6, 6.07) is 3.24. The Labute approximate surface area is 131 Å². The van der Waals surface area contributed by atoms with Crippen LogP contribution in [0.4, 0.5) is 5.69 Å². The highest BCUT2D eigenvalue weighted by Gasteiger charge is 2.30. The van der Waals surface area contributed by atoms with E-state index < -0.39 is 10.0 Å². The molecule has 6 nitrogen and oxygen atoms in total. The molecule has 0 amide bonds. The van der Waals surface area contributed by atoms with Gasteiger partial charge >= 0.3 is 0 Å². The van der Waals surface area contributed by atoms with E-state index in [0.717, 1.165) is 5.82 Å². The van der Waals surface area contributed by atoms with E-state index >= 15 is 0 Å². The summed E-state index contributed by atoms with van der Waals surface area (Å²) in [6.07, 6.45) is 3.55.